The second-order valence-electron chi connectivity index (χ2n) is 5.65. The third-order valence-electron chi connectivity index (χ3n) is 4.12. The highest BCUT2D eigenvalue weighted by Gasteiger charge is 2.36. The molecule has 1 atom stereocenters. The van der Waals surface area contributed by atoms with E-state index in [1.165, 1.54) is 14.2 Å². The first-order valence-corrected chi connectivity index (χ1v) is 7.61. The summed E-state index contributed by atoms with van der Waals surface area (Å²) in [6.07, 6.45) is -0.516. The van der Waals surface area contributed by atoms with Crippen LogP contribution in [0.1, 0.15) is 44.4 Å². The maximum absolute atomic E-state index is 12.5. The Morgan fingerprint density at radius 1 is 1.08 bits per heavy atom. The molecule has 2 aromatic carbocycles. The van der Waals surface area contributed by atoms with Crippen LogP contribution in [0.3, 0.4) is 0 Å². The molecule has 5 nitrogen and oxygen atoms in total. The Morgan fingerprint density at radius 3 is 2.42 bits per heavy atom. The zero-order valence-electron chi connectivity index (χ0n) is 13.8. The number of fused-ring (bicyclic) bond motifs is 1. The first-order chi connectivity index (χ1) is 11.5. The summed E-state index contributed by atoms with van der Waals surface area (Å²) < 4.78 is 15.9. The number of hydrogen-bond acceptors (Lipinski definition) is 5. The molecule has 0 N–H and O–H groups in total. The molecule has 1 aliphatic heterocycles. The van der Waals surface area contributed by atoms with Crippen LogP contribution in [-0.2, 0) is 4.74 Å². The molecule has 2 aromatic rings. The van der Waals surface area contributed by atoms with Crippen molar-refractivity contribution in [3.05, 3.63) is 58.7 Å². The number of cyclic esters (lactones) is 1. The molecule has 5 heteroatoms. The van der Waals surface area contributed by atoms with Crippen LogP contribution in [0.25, 0.3) is 0 Å². The number of ketones is 1. The topological polar surface area (TPSA) is 61.8 Å². The standard InChI is InChI=1S/C19H18O5/c1-11-4-6-12(7-5-11)14(20)10-16-13-8-9-15(22-2)18(23-3)17(13)19(21)24-16/h4-9,16H,10H2,1-3H3/t16-/m0/s1. The van der Waals surface area contributed by atoms with Gasteiger partial charge in [-0.25, -0.2) is 4.79 Å². The zero-order chi connectivity index (χ0) is 17.3. The van der Waals surface area contributed by atoms with Gasteiger partial charge >= 0.3 is 5.97 Å². The lowest BCUT2D eigenvalue weighted by Crippen LogP contribution is -2.07. The van der Waals surface area contributed by atoms with Crippen molar-refractivity contribution in [2.75, 3.05) is 14.2 Å². The van der Waals surface area contributed by atoms with Crippen molar-refractivity contribution >= 4 is 11.8 Å². The van der Waals surface area contributed by atoms with E-state index in [4.69, 9.17) is 14.2 Å². The smallest absolute Gasteiger partial charge is 0.343 e. The molecular formula is C19H18O5. The molecule has 124 valence electrons. The monoisotopic (exact) mass is 326 g/mol. The third-order valence-corrected chi connectivity index (χ3v) is 4.12. The molecule has 0 aromatic heterocycles. The molecule has 1 aliphatic rings. The Labute approximate surface area is 140 Å². The predicted molar refractivity (Wildman–Crippen MR) is 87.8 cm³/mol. The summed E-state index contributed by atoms with van der Waals surface area (Å²) in [6, 6.07) is 10.8. The van der Waals surface area contributed by atoms with Gasteiger partial charge in [0, 0.05) is 11.1 Å². The summed E-state index contributed by atoms with van der Waals surface area (Å²) in [6.45, 7) is 1.96. The number of ether oxygens (including phenoxy) is 3. The molecule has 3 rings (SSSR count). The number of Topliss-reactive ketones (excluding diaryl/α,β-unsaturated/α-hetero) is 1. The van der Waals surface area contributed by atoms with E-state index in [1.54, 1.807) is 24.3 Å². The summed E-state index contributed by atoms with van der Waals surface area (Å²) in [7, 11) is 2.97. The van der Waals surface area contributed by atoms with Crippen molar-refractivity contribution in [2.45, 2.75) is 19.4 Å². The van der Waals surface area contributed by atoms with Crippen molar-refractivity contribution in [1.82, 2.24) is 0 Å². The van der Waals surface area contributed by atoms with Crippen LogP contribution in [0.2, 0.25) is 0 Å². The van der Waals surface area contributed by atoms with Gasteiger partial charge in [0.2, 0.25) is 0 Å². The fraction of sp³-hybridized carbons (Fsp3) is 0.263. The van der Waals surface area contributed by atoms with Crippen molar-refractivity contribution in [2.24, 2.45) is 0 Å². The number of methoxy groups -OCH3 is 2. The Morgan fingerprint density at radius 2 is 1.79 bits per heavy atom. The molecule has 0 aliphatic carbocycles. The van der Waals surface area contributed by atoms with E-state index in [0.717, 1.165) is 5.56 Å². The second-order valence-corrected chi connectivity index (χ2v) is 5.65. The molecule has 0 saturated heterocycles. The molecule has 0 spiro atoms. The van der Waals surface area contributed by atoms with Gasteiger partial charge in [-0.05, 0) is 13.0 Å². The normalized spacial score (nSPS) is 15.6. The number of rotatable bonds is 5. The number of esters is 1. The van der Waals surface area contributed by atoms with Gasteiger partial charge in [-0.3, -0.25) is 4.79 Å². The first kappa shape index (κ1) is 16.1. The number of carbonyl (C=O) groups excluding carboxylic acids is 2. The fourth-order valence-corrected chi connectivity index (χ4v) is 2.85. The van der Waals surface area contributed by atoms with Gasteiger partial charge in [-0.15, -0.1) is 0 Å². The van der Waals surface area contributed by atoms with Gasteiger partial charge < -0.3 is 14.2 Å². The maximum Gasteiger partial charge on any atom is 0.343 e. The highest BCUT2D eigenvalue weighted by atomic mass is 16.6. The minimum Gasteiger partial charge on any atom is -0.493 e. The molecule has 0 unspecified atom stereocenters. The van der Waals surface area contributed by atoms with E-state index in [2.05, 4.69) is 0 Å². The number of hydrogen-bond donors (Lipinski definition) is 0. The van der Waals surface area contributed by atoms with Gasteiger partial charge in [0.15, 0.2) is 17.3 Å². The van der Waals surface area contributed by atoms with Gasteiger partial charge in [-0.1, -0.05) is 35.9 Å². The molecular weight excluding hydrogens is 308 g/mol. The maximum atomic E-state index is 12.5. The first-order valence-electron chi connectivity index (χ1n) is 7.61. The number of benzene rings is 2. The molecule has 0 fully saturated rings. The van der Waals surface area contributed by atoms with E-state index < -0.39 is 12.1 Å². The number of aryl methyl sites for hydroxylation is 1. The van der Waals surface area contributed by atoms with E-state index >= 15 is 0 Å². The van der Waals surface area contributed by atoms with E-state index in [0.29, 0.717) is 28.2 Å². The lowest BCUT2D eigenvalue weighted by Gasteiger charge is -2.12. The summed E-state index contributed by atoms with van der Waals surface area (Å²) in [5, 5.41) is 0. The Balaban J connectivity index is 1.89. The van der Waals surface area contributed by atoms with Crippen molar-refractivity contribution in [3.63, 3.8) is 0 Å². The van der Waals surface area contributed by atoms with E-state index in [1.807, 2.05) is 19.1 Å². The lowest BCUT2D eigenvalue weighted by molar-refractivity contribution is 0.0365. The molecule has 0 radical (unpaired) electrons. The van der Waals surface area contributed by atoms with Crippen LogP contribution >= 0.6 is 0 Å². The number of carbonyl (C=O) groups is 2. The Bertz CT molecular complexity index is 792. The van der Waals surface area contributed by atoms with Crippen LogP contribution in [-0.4, -0.2) is 26.0 Å². The molecule has 0 saturated carbocycles. The van der Waals surface area contributed by atoms with Gasteiger partial charge in [0.1, 0.15) is 11.7 Å². The summed E-state index contributed by atoms with van der Waals surface area (Å²) in [5.74, 6) is 0.224. The molecule has 0 bridgehead atoms. The summed E-state index contributed by atoms with van der Waals surface area (Å²) in [4.78, 5) is 24.7. The second kappa shape index (κ2) is 6.35. The van der Waals surface area contributed by atoms with E-state index in [-0.39, 0.29) is 12.2 Å². The van der Waals surface area contributed by atoms with Crippen LogP contribution in [0.4, 0.5) is 0 Å². The third kappa shape index (κ3) is 2.73. The van der Waals surface area contributed by atoms with Crippen LogP contribution in [0, 0.1) is 6.92 Å². The van der Waals surface area contributed by atoms with Gasteiger partial charge in [-0.2, -0.15) is 0 Å². The average molecular weight is 326 g/mol. The van der Waals surface area contributed by atoms with E-state index in [9.17, 15) is 9.59 Å². The van der Waals surface area contributed by atoms with Crippen LogP contribution in [0.15, 0.2) is 36.4 Å². The SMILES string of the molecule is COc1ccc2c(c1OC)C(=O)O[C@H]2CC(=O)c1ccc(C)cc1. The van der Waals surface area contributed by atoms with Crippen LogP contribution < -0.4 is 9.47 Å². The van der Waals surface area contributed by atoms with Crippen LogP contribution in [0.5, 0.6) is 11.5 Å². The van der Waals surface area contributed by atoms with Gasteiger partial charge in [0.25, 0.3) is 0 Å². The Hall–Kier alpha value is -2.82. The summed E-state index contributed by atoms with van der Waals surface area (Å²) in [5.41, 5.74) is 2.67. The highest BCUT2D eigenvalue weighted by molar-refractivity contribution is 6.00. The molecule has 0 amide bonds. The molecule has 1 heterocycles. The average Bonchev–Trinajstić information content (AvgIpc) is 2.90. The van der Waals surface area contributed by atoms with Gasteiger partial charge in [0.05, 0.1) is 20.6 Å². The predicted octanol–water partition coefficient (Wildman–Crippen LogP) is 3.50. The minimum atomic E-state index is -0.610. The Kier molecular flexibility index (Phi) is 4.25. The minimum absolute atomic E-state index is 0.0737. The van der Waals surface area contributed by atoms with Crippen molar-refractivity contribution in [1.29, 1.82) is 0 Å². The lowest BCUT2D eigenvalue weighted by atomic mass is 9.97. The fourth-order valence-electron chi connectivity index (χ4n) is 2.85. The molecule has 24 heavy (non-hydrogen) atoms. The quantitative estimate of drug-likeness (QED) is 0.622. The highest BCUT2D eigenvalue weighted by Crippen LogP contribution is 2.43. The van der Waals surface area contributed by atoms with Crippen molar-refractivity contribution in [3.8, 4) is 11.5 Å². The zero-order valence-corrected chi connectivity index (χ0v) is 13.8. The summed E-state index contributed by atoms with van der Waals surface area (Å²) >= 11 is 0. The van der Waals surface area contributed by atoms with Crippen molar-refractivity contribution < 1.29 is 23.8 Å². The largest absolute Gasteiger partial charge is 0.493 e.